The van der Waals surface area contributed by atoms with Crippen molar-refractivity contribution in [2.24, 2.45) is 0 Å². The predicted octanol–water partition coefficient (Wildman–Crippen LogP) is 6.19. The van der Waals surface area contributed by atoms with Gasteiger partial charge in [0.25, 0.3) is 0 Å². The third-order valence-electron chi connectivity index (χ3n) is 3.14. The van der Waals surface area contributed by atoms with Crippen LogP contribution < -0.4 is 10.1 Å². The number of thioether (sulfide) groups is 2. The number of rotatable bonds is 3. The van der Waals surface area contributed by atoms with Gasteiger partial charge in [0.05, 0.1) is 4.58 Å². The molecule has 1 amide bonds. The van der Waals surface area contributed by atoms with E-state index < -0.39 is 6.09 Å². The van der Waals surface area contributed by atoms with Crippen molar-refractivity contribution in [2.45, 2.75) is 4.58 Å². The molecule has 1 aliphatic rings. The van der Waals surface area contributed by atoms with Gasteiger partial charge in [0.1, 0.15) is 5.75 Å². The summed E-state index contributed by atoms with van der Waals surface area (Å²) in [5.74, 6) is 2.81. The molecule has 1 fully saturated rings. The molecule has 0 aromatic heterocycles. The topological polar surface area (TPSA) is 38.3 Å². The van der Waals surface area contributed by atoms with Gasteiger partial charge in [-0.3, -0.25) is 5.32 Å². The van der Waals surface area contributed by atoms with Gasteiger partial charge in [-0.1, -0.05) is 27.5 Å². The Morgan fingerprint density at radius 1 is 1.17 bits per heavy atom. The number of amides is 1. The first-order valence-corrected chi connectivity index (χ1v) is 10.2. The van der Waals surface area contributed by atoms with E-state index in [1.807, 2.05) is 41.7 Å². The van der Waals surface area contributed by atoms with Crippen molar-refractivity contribution in [3.05, 3.63) is 57.5 Å². The second-order valence-electron chi connectivity index (χ2n) is 4.78. The molecule has 1 N–H and O–H groups in total. The minimum absolute atomic E-state index is 0.297. The number of anilines is 1. The molecule has 1 saturated heterocycles. The number of benzene rings is 2. The van der Waals surface area contributed by atoms with E-state index in [9.17, 15) is 4.79 Å². The quantitative estimate of drug-likeness (QED) is 0.630. The van der Waals surface area contributed by atoms with Crippen LogP contribution in [0.3, 0.4) is 0 Å². The molecule has 1 heterocycles. The Balaban J connectivity index is 1.73. The van der Waals surface area contributed by atoms with E-state index in [2.05, 4.69) is 21.2 Å². The molecule has 2 aromatic carbocycles. The molecule has 1 aliphatic heterocycles. The van der Waals surface area contributed by atoms with Crippen LogP contribution in [0.5, 0.6) is 5.75 Å². The molecule has 0 radical (unpaired) electrons. The van der Waals surface area contributed by atoms with Crippen LogP contribution in [0.25, 0.3) is 0 Å². The Morgan fingerprint density at radius 2 is 1.87 bits per heavy atom. The average molecular weight is 431 g/mol. The zero-order chi connectivity index (χ0) is 16.2. The number of nitrogens with one attached hydrogen (secondary N) is 1. The van der Waals surface area contributed by atoms with E-state index in [-0.39, 0.29) is 0 Å². The highest BCUT2D eigenvalue weighted by Crippen LogP contribution is 2.48. The lowest BCUT2D eigenvalue weighted by molar-refractivity contribution is 0.215. The van der Waals surface area contributed by atoms with Gasteiger partial charge < -0.3 is 4.74 Å². The fourth-order valence-electron chi connectivity index (χ4n) is 2.11. The maximum absolute atomic E-state index is 12.1. The number of carbonyl (C=O) groups excluding carboxylic acids is 1. The molecule has 0 aliphatic carbocycles. The first-order chi connectivity index (χ1) is 11.1. The van der Waals surface area contributed by atoms with Gasteiger partial charge in [-0.15, -0.1) is 23.5 Å². The number of hydrogen-bond donors (Lipinski definition) is 1. The molecule has 0 spiro atoms. The zero-order valence-corrected chi connectivity index (χ0v) is 15.9. The SMILES string of the molecule is O=C(Nc1ccc(Cl)cc1)Oc1ccc(Br)cc1C1SCCS1. The first kappa shape index (κ1) is 17.0. The van der Waals surface area contributed by atoms with Gasteiger partial charge >= 0.3 is 6.09 Å². The summed E-state index contributed by atoms with van der Waals surface area (Å²) in [5, 5.41) is 3.32. The Kier molecular flexibility index (Phi) is 5.80. The van der Waals surface area contributed by atoms with Crippen LogP contribution in [0.15, 0.2) is 46.9 Å². The zero-order valence-electron chi connectivity index (χ0n) is 11.9. The molecule has 0 bridgehead atoms. The number of halogens is 2. The number of carbonyl (C=O) groups is 1. The normalized spacial score (nSPS) is 14.7. The third-order valence-corrected chi connectivity index (χ3v) is 6.95. The Bertz CT molecular complexity index is 706. The minimum atomic E-state index is -0.510. The molecule has 2 aromatic rings. The summed E-state index contributed by atoms with van der Waals surface area (Å²) in [6.45, 7) is 0. The molecule has 0 unspecified atom stereocenters. The van der Waals surface area contributed by atoms with Crippen molar-refractivity contribution < 1.29 is 9.53 Å². The standard InChI is InChI=1S/C16H13BrClNO2S2/c17-10-1-6-14(13(9-10)15-22-7-8-23-15)21-16(20)19-12-4-2-11(18)3-5-12/h1-6,9,15H,7-8H2,(H,19,20). The maximum Gasteiger partial charge on any atom is 0.417 e. The summed E-state index contributed by atoms with van der Waals surface area (Å²) in [6, 6.07) is 12.6. The lowest BCUT2D eigenvalue weighted by Crippen LogP contribution is -2.17. The lowest BCUT2D eigenvalue weighted by Gasteiger charge is -2.15. The van der Waals surface area contributed by atoms with Crippen LogP contribution in [0.4, 0.5) is 10.5 Å². The first-order valence-electron chi connectivity index (χ1n) is 6.89. The van der Waals surface area contributed by atoms with E-state index in [4.69, 9.17) is 16.3 Å². The fraction of sp³-hybridized carbons (Fsp3) is 0.188. The Morgan fingerprint density at radius 3 is 2.57 bits per heavy atom. The summed E-state index contributed by atoms with van der Waals surface area (Å²) < 4.78 is 6.79. The van der Waals surface area contributed by atoms with E-state index in [1.165, 1.54) is 0 Å². The molecule has 3 rings (SSSR count). The molecule has 3 nitrogen and oxygen atoms in total. The smallest absolute Gasteiger partial charge is 0.410 e. The lowest BCUT2D eigenvalue weighted by atomic mass is 10.2. The molecule has 120 valence electrons. The van der Waals surface area contributed by atoms with Crippen LogP contribution in [-0.4, -0.2) is 17.6 Å². The molecule has 7 heteroatoms. The van der Waals surface area contributed by atoms with Crippen LogP contribution in [0, 0.1) is 0 Å². The molecule has 0 atom stereocenters. The monoisotopic (exact) mass is 429 g/mol. The Labute approximate surface area is 156 Å². The molecular formula is C16H13BrClNO2S2. The summed E-state index contributed by atoms with van der Waals surface area (Å²) in [4.78, 5) is 12.1. The van der Waals surface area contributed by atoms with Crippen molar-refractivity contribution in [3.63, 3.8) is 0 Å². The minimum Gasteiger partial charge on any atom is -0.410 e. The van der Waals surface area contributed by atoms with Crippen molar-refractivity contribution in [1.82, 2.24) is 0 Å². The molecule has 0 saturated carbocycles. The summed E-state index contributed by atoms with van der Waals surface area (Å²) in [7, 11) is 0. The summed E-state index contributed by atoms with van der Waals surface area (Å²) in [5.41, 5.74) is 1.67. The van der Waals surface area contributed by atoms with Gasteiger partial charge in [0, 0.05) is 32.3 Å². The highest BCUT2D eigenvalue weighted by Gasteiger charge is 2.23. The highest BCUT2D eigenvalue weighted by atomic mass is 79.9. The van der Waals surface area contributed by atoms with Gasteiger partial charge in [-0.25, -0.2) is 4.79 Å². The second-order valence-corrected chi connectivity index (χ2v) is 8.85. The number of hydrogen-bond acceptors (Lipinski definition) is 4. The van der Waals surface area contributed by atoms with Crippen molar-refractivity contribution >= 4 is 62.8 Å². The fourth-order valence-corrected chi connectivity index (χ4v) is 5.50. The van der Waals surface area contributed by atoms with Crippen LogP contribution >= 0.6 is 51.1 Å². The summed E-state index contributed by atoms with van der Waals surface area (Å²) in [6.07, 6.45) is -0.510. The van der Waals surface area contributed by atoms with E-state index in [0.29, 0.717) is 21.0 Å². The van der Waals surface area contributed by atoms with Gasteiger partial charge in [-0.05, 0) is 42.5 Å². The predicted molar refractivity (Wildman–Crippen MR) is 103 cm³/mol. The maximum atomic E-state index is 12.1. The van der Waals surface area contributed by atoms with Crippen molar-refractivity contribution in [1.29, 1.82) is 0 Å². The summed E-state index contributed by atoms with van der Waals surface area (Å²) >= 11 is 13.0. The average Bonchev–Trinajstić information content (AvgIpc) is 3.05. The number of ether oxygens (including phenoxy) is 1. The van der Waals surface area contributed by atoms with Crippen molar-refractivity contribution in [2.75, 3.05) is 16.8 Å². The van der Waals surface area contributed by atoms with E-state index >= 15 is 0 Å². The Hall–Kier alpha value is -0.820. The van der Waals surface area contributed by atoms with Crippen LogP contribution in [-0.2, 0) is 0 Å². The second kappa shape index (κ2) is 7.83. The van der Waals surface area contributed by atoms with Gasteiger partial charge in [0.2, 0.25) is 0 Å². The van der Waals surface area contributed by atoms with E-state index in [0.717, 1.165) is 21.5 Å². The van der Waals surface area contributed by atoms with Crippen molar-refractivity contribution in [3.8, 4) is 5.75 Å². The van der Waals surface area contributed by atoms with Crippen LogP contribution in [0.2, 0.25) is 5.02 Å². The molecule has 23 heavy (non-hydrogen) atoms. The molecular weight excluding hydrogens is 418 g/mol. The third kappa shape index (κ3) is 4.59. The highest BCUT2D eigenvalue weighted by molar-refractivity contribution is 9.10. The largest absolute Gasteiger partial charge is 0.417 e. The van der Waals surface area contributed by atoms with Gasteiger partial charge in [0.15, 0.2) is 0 Å². The van der Waals surface area contributed by atoms with E-state index in [1.54, 1.807) is 24.3 Å². The van der Waals surface area contributed by atoms with Gasteiger partial charge in [-0.2, -0.15) is 0 Å². The van der Waals surface area contributed by atoms with Crippen LogP contribution in [0.1, 0.15) is 10.1 Å².